The van der Waals surface area contributed by atoms with Crippen LogP contribution in [0.1, 0.15) is 13.8 Å². The van der Waals surface area contributed by atoms with Gasteiger partial charge < -0.3 is 25.8 Å². The number of nitrogens with zero attached hydrogens (tertiary/aromatic N) is 3. The van der Waals surface area contributed by atoms with E-state index in [1.165, 1.54) is 0 Å². The van der Waals surface area contributed by atoms with Crippen LogP contribution in [0.3, 0.4) is 0 Å². The van der Waals surface area contributed by atoms with Gasteiger partial charge in [-0.2, -0.15) is 0 Å². The number of hydrogen-bond donors (Lipinski definition) is 2. The zero-order valence-electron chi connectivity index (χ0n) is 11.0. The third-order valence-corrected chi connectivity index (χ3v) is 2.20. The average molecular weight is 389 g/mol. The van der Waals surface area contributed by atoms with Gasteiger partial charge in [0.05, 0.1) is 18.2 Å². The van der Waals surface area contributed by atoms with E-state index in [0.717, 1.165) is 5.69 Å². The molecular formula is C12H15ClN4O2Pd. The molecule has 2 N–H and O–H groups in total. The number of amides is 1. The Balaban J connectivity index is 0.00000172. The molecular weight excluding hydrogens is 374 g/mol. The Morgan fingerprint density at radius 2 is 1.90 bits per heavy atom. The molecule has 1 amide bonds. The Kier molecular flexibility index (Phi) is 10.6. The van der Waals surface area contributed by atoms with E-state index in [-0.39, 0.29) is 6.54 Å². The first-order valence-corrected chi connectivity index (χ1v) is 7.51. The van der Waals surface area contributed by atoms with E-state index in [2.05, 4.69) is 48.7 Å². The predicted molar refractivity (Wildman–Crippen MR) is 77.2 cm³/mol. The summed E-state index contributed by atoms with van der Waals surface area (Å²) < 4.78 is 0. The number of halogens is 1. The molecule has 1 rings (SSSR count). The van der Waals surface area contributed by atoms with Gasteiger partial charge in [0.25, 0.3) is 0 Å². The Labute approximate surface area is 132 Å². The van der Waals surface area contributed by atoms with Gasteiger partial charge >= 0.3 is 27.7 Å². The van der Waals surface area contributed by atoms with Crippen LogP contribution in [0.4, 0.5) is 5.69 Å². The van der Waals surface area contributed by atoms with E-state index >= 15 is 0 Å². The van der Waals surface area contributed by atoms with Gasteiger partial charge in [-0.15, -0.1) is 0 Å². The third kappa shape index (κ3) is 7.90. The molecule has 0 aliphatic carbocycles. The minimum atomic E-state index is -0.399. The van der Waals surface area contributed by atoms with Crippen LogP contribution in [-0.4, -0.2) is 29.1 Å². The van der Waals surface area contributed by atoms with E-state index in [4.69, 9.17) is 5.21 Å². The SMILES string of the molecule is CC(=N/[N-]C(=O)CNc1ccccc1)/C(C)=N/O.[Cl][Pd+]. The fourth-order valence-corrected chi connectivity index (χ4v) is 1.04. The fourth-order valence-electron chi connectivity index (χ4n) is 1.04. The Morgan fingerprint density at radius 3 is 2.45 bits per heavy atom. The molecule has 0 aliphatic heterocycles. The van der Waals surface area contributed by atoms with Crippen molar-refractivity contribution in [1.29, 1.82) is 0 Å². The first kappa shape index (κ1) is 18.6. The van der Waals surface area contributed by atoms with Crippen LogP contribution >= 0.6 is 9.53 Å². The van der Waals surface area contributed by atoms with Gasteiger partial charge in [0, 0.05) is 11.4 Å². The van der Waals surface area contributed by atoms with E-state index in [1.54, 1.807) is 13.8 Å². The van der Waals surface area contributed by atoms with Gasteiger partial charge in [-0.3, -0.25) is 0 Å². The number of benzene rings is 1. The number of nitrogens with one attached hydrogen (secondary N) is 1. The normalized spacial score (nSPS) is 11.2. The molecule has 0 aromatic heterocycles. The van der Waals surface area contributed by atoms with Crippen LogP contribution in [0, 0.1) is 0 Å². The molecule has 0 fully saturated rings. The second-order valence-corrected chi connectivity index (χ2v) is 3.58. The Bertz CT molecular complexity index is 466. The number of para-hydroxylation sites is 1. The molecule has 6 nitrogen and oxygen atoms in total. The first-order valence-electron chi connectivity index (χ1n) is 5.51. The van der Waals surface area contributed by atoms with Crippen molar-refractivity contribution in [2.45, 2.75) is 13.8 Å². The quantitative estimate of drug-likeness (QED) is 0.351. The number of carbonyl (C=O) groups excluding carboxylic acids is 1. The molecule has 1 aromatic carbocycles. The van der Waals surface area contributed by atoms with Crippen molar-refractivity contribution in [1.82, 2.24) is 0 Å². The summed E-state index contributed by atoms with van der Waals surface area (Å²) >= 11 is 2.22. The van der Waals surface area contributed by atoms with E-state index in [0.29, 0.717) is 11.4 Å². The maximum absolute atomic E-state index is 11.4. The zero-order chi connectivity index (χ0) is 15.4. The van der Waals surface area contributed by atoms with Gasteiger partial charge in [0.1, 0.15) is 0 Å². The Morgan fingerprint density at radius 1 is 1.30 bits per heavy atom. The van der Waals surface area contributed by atoms with Crippen molar-refractivity contribution < 1.29 is 28.2 Å². The standard InChI is InChI=1S/C12H16N4O2.ClH.Pd/c1-9(10(2)16-18)14-15-12(17)8-13-11-6-4-3-5-7-11;;/h3-7,13H,8H2,1-2H3,(H2,14,15,16,17,18);1H;/q;;+2/p-2. The van der Waals surface area contributed by atoms with Gasteiger partial charge in [-0.05, 0) is 26.0 Å². The summed E-state index contributed by atoms with van der Waals surface area (Å²) in [6.07, 6.45) is 0. The molecule has 0 saturated carbocycles. The second kappa shape index (κ2) is 11.4. The molecule has 0 radical (unpaired) electrons. The summed E-state index contributed by atoms with van der Waals surface area (Å²) in [5, 5.41) is 18.0. The summed E-state index contributed by atoms with van der Waals surface area (Å²) in [6.45, 7) is 3.24. The topological polar surface area (TPSA) is 88.2 Å². The summed E-state index contributed by atoms with van der Waals surface area (Å²) in [7, 11) is 4.49. The van der Waals surface area contributed by atoms with Crippen LogP contribution in [0.5, 0.6) is 0 Å². The van der Waals surface area contributed by atoms with Gasteiger partial charge in [-0.1, -0.05) is 23.4 Å². The number of hydrogen-bond acceptors (Lipinski definition) is 5. The van der Waals surface area contributed by atoms with Gasteiger partial charge in [0.15, 0.2) is 0 Å². The van der Waals surface area contributed by atoms with Gasteiger partial charge in [0.2, 0.25) is 0 Å². The van der Waals surface area contributed by atoms with E-state index < -0.39 is 5.91 Å². The Hall–Kier alpha value is -1.42. The van der Waals surface area contributed by atoms with Crippen LogP contribution < -0.4 is 5.32 Å². The second-order valence-electron chi connectivity index (χ2n) is 3.58. The number of anilines is 1. The summed E-state index contributed by atoms with van der Waals surface area (Å²) in [5.41, 5.74) is 5.06. The van der Waals surface area contributed by atoms with Crippen LogP contribution in [-0.2, 0) is 23.0 Å². The average Bonchev–Trinajstić information content (AvgIpc) is 2.52. The molecule has 112 valence electrons. The van der Waals surface area contributed by atoms with Crippen LogP contribution in [0.25, 0.3) is 5.43 Å². The van der Waals surface area contributed by atoms with Crippen molar-refractivity contribution >= 4 is 32.5 Å². The van der Waals surface area contributed by atoms with Gasteiger partial charge in [-0.25, -0.2) is 0 Å². The molecule has 8 heteroatoms. The zero-order valence-corrected chi connectivity index (χ0v) is 13.3. The molecule has 0 atom stereocenters. The molecule has 0 aliphatic rings. The first-order chi connectivity index (χ1) is 9.63. The minimum absolute atomic E-state index is 0.0656. The van der Waals surface area contributed by atoms with E-state index in [9.17, 15) is 4.79 Å². The van der Waals surface area contributed by atoms with Crippen LogP contribution in [0.2, 0.25) is 0 Å². The fraction of sp³-hybridized carbons (Fsp3) is 0.250. The summed E-state index contributed by atoms with van der Waals surface area (Å²) in [5.74, 6) is -0.399. The number of oxime groups is 1. The number of rotatable bonds is 5. The molecule has 0 spiro atoms. The van der Waals surface area contributed by atoms with Crippen molar-refractivity contribution in [3.63, 3.8) is 0 Å². The van der Waals surface area contributed by atoms with Crippen molar-refractivity contribution in [2.24, 2.45) is 10.3 Å². The van der Waals surface area contributed by atoms with E-state index in [1.807, 2.05) is 30.3 Å². The van der Waals surface area contributed by atoms with Crippen molar-refractivity contribution in [2.75, 3.05) is 11.9 Å². The monoisotopic (exact) mass is 388 g/mol. The molecule has 20 heavy (non-hydrogen) atoms. The van der Waals surface area contributed by atoms with Crippen molar-refractivity contribution in [3.8, 4) is 0 Å². The molecule has 0 heterocycles. The maximum atomic E-state index is 11.4. The van der Waals surface area contributed by atoms with Crippen LogP contribution in [0.15, 0.2) is 40.6 Å². The summed E-state index contributed by atoms with van der Waals surface area (Å²) in [4.78, 5) is 11.4. The number of carbonyl (C=O) groups is 1. The summed E-state index contributed by atoms with van der Waals surface area (Å²) in [6, 6.07) is 9.33. The molecule has 1 aromatic rings. The molecule has 0 unspecified atom stereocenters. The molecule has 0 bridgehead atoms. The molecule has 0 saturated heterocycles. The van der Waals surface area contributed by atoms with Crippen molar-refractivity contribution in [3.05, 3.63) is 35.8 Å². The third-order valence-electron chi connectivity index (χ3n) is 2.20. The predicted octanol–water partition coefficient (Wildman–Crippen LogP) is 2.91.